The van der Waals surface area contributed by atoms with Crippen molar-refractivity contribution in [2.75, 3.05) is 6.54 Å². The van der Waals surface area contributed by atoms with Gasteiger partial charge in [-0.25, -0.2) is 9.80 Å². The number of rotatable bonds is 7. The Labute approximate surface area is 196 Å². The molecule has 0 aliphatic carbocycles. The van der Waals surface area contributed by atoms with Crippen LogP contribution in [0.25, 0.3) is 0 Å². The molecule has 1 aliphatic heterocycles. The molecule has 0 aromatic heterocycles. The first-order chi connectivity index (χ1) is 16.0. The molecule has 0 spiro atoms. The predicted octanol–water partition coefficient (Wildman–Crippen LogP) is 4.72. The van der Waals surface area contributed by atoms with Gasteiger partial charge >= 0.3 is 6.03 Å². The highest BCUT2D eigenvalue weighted by molar-refractivity contribution is 5.75. The number of urea groups is 1. The lowest BCUT2D eigenvalue weighted by Gasteiger charge is -2.38. The van der Waals surface area contributed by atoms with Crippen molar-refractivity contribution in [2.45, 2.75) is 51.5 Å². The lowest BCUT2D eigenvalue weighted by Crippen LogP contribution is -2.52. The van der Waals surface area contributed by atoms with Gasteiger partial charge in [-0.15, -0.1) is 0 Å². The van der Waals surface area contributed by atoms with Crippen molar-refractivity contribution < 1.29 is 9.90 Å². The third-order valence-electron chi connectivity index (χ3n) is 6.25. The molecule has 0 bridgehead atoms. The van der Waals surface area contributed by atoms with Crippen molar-refractivity contribution in [1.29, 1.82) is 0 Å². The standard InChI is InChI=1S/C28H33N3O2/c1-22(2)30-21-27(32)26(18-23-12-6-3-7-13-23)29(19-24-14-8-4-9-15-24)28(33)31(30)20-25-16-10-5-11-17-25/h3-17,22,26-27,32H,18-21H2,1-2H3/t26-,27-/m0/s1. The van der Waals surface area contributed by atoms with Crippen LogP contribution < -0.4 is 0 Å². The predicted molar refractivity (Wildman–Crippen MR) is 131 cm³/mol. The second kappa shape index (κ2) is 10.6. The van der Waals surface area contributed by atoms with Gasteiger partial charge in [0.15, 0.2) is 0 Å². The second-order valence-corrected chi connectivity index (χ2v) is 8.98. The van der Waals surface area contributed by atoms with E-state index in [1.165, 1.54) is 0 Å². The number of benzene rings is 3. The molecular formula is C28H33N3O2. The van der Waals surface area contributed by atoms with Crippen LogP contribution in [0.1, 0.15) is 30.5 Å². The lowest BCUT2D eigenvalue weighted by atomic mass is 9.99. The fourth-order valence-corrected chi connectivity index (χ4v) is 4.49. The SMILES string of the molecule is CC(C)N1C[C@H](O)[C@H](Cc2ccccc2)N(Cc2ccccc2)C(=O)N1Cc1ccccc1. The summed E-state index contributed by atoms with van der Waals surface area (Å²) in [4.78, 5) is 16.0. The van der Waals surface area contributed by atoms with E-state index in [1.807, 2.05) is 93.8 Å². The summed E-state index contributed by atoms with van der Waals surface area (Å²) in [7, 11) is 0. The Morgan fingerprint density at radius 3 is 1.79 bits per heavy atom. The molecule has 172 valence electrons. The summed E-state index contributed by atoms with van der Waals surface area (Å²) in [5.41, 5.74) is 3.22. The van der Waals surface area contributed by atoms with E-state index in [-0.39, 0.29) is 18.1 Å². The largest absolute Gasteiger partial charge is 0.390 e. The number of β-amino-alcohol motifs (C(OH)–C–C–N with tert-alkyl or cyclic N) is 1. The number of aliphatic hydroxyl groups excluding tert-OH is 1. The summed E-state index contributed by atoms with van der Waals surface area (Å²) in [6.45, 7) is 5.45. The van der Waals surface area contributed by atoms with E-state index in [1.54, 1.807) is 0 Å². The number of hydrazine groups is 1. The molecule has 33 heavy (non-hydrogen) atoms. The summed E-state index contributed by atoms with van der Waals surface area (Å²) in [6.07, 6.45) is -0.0767. The first kappa shape index (κ1) is 23.0. The van der Waals surface area contributed by atoms with Gasteiger partial charge in [-0.3, -0.25) is 5.01 Å². The maximum atomic E-state index is 14.1. The normalized spacial score (nSPS) is 19.7. The molecule has 0 saturated carbocycles. The van der Waals surface area contributed by atoms with E-state index in [9.17, 15) is 9.90 Å². The van der Waals surface area contributed by atoms with Gasteiger partial charge in [-0.1, -0.05) is 91.0 Å². The van der Waals surface area contributed by atoms with Gasteiger partial charge in [0.1, 0.15) is 0 Å². The van der Waals surface area contributed by atoms with Crippen molar-refractivity contribution in [1.82, 2.24) is 14.9 Å². The molecule has 1 fully saturated rings. The highest BCUT2D eigenvalue weighted by atomic mass is 16.3. The molecule has 1 aliphatic rings. The fraction of sp³-hybridized carbons (Fsp3) is 0.321. The van der Waals surface area contributed by atoms with Crippen LogP contribution in [-0.4, -0.2) is 50.8 Å². The van der Waals surface area contributed by atoms with Crippen LogP contribution in [0.2, 0.25) is 0 Å². The first-order valence-electron chi connectivity index (χ1n) is 11.7. The van der Waals surface area contributed by atoms with Crippen LogP contribution in [0.4, 0.5) is 4.79 Å². The molecule has 1 heterocycles. The molecule has 3 aromatic carbocycles. The van der Waals surface area contributed by atoms with Crippen LogP contribution in [0.3, 0.4) is 0 Å². The minimum Gasteiger partial charge on any atom is -0.390 e. The van der Waals surface area contributed by atoms with Crippen molar-refractivity contribution in [3.63, 3.8) is 0 Å². The van der Waals surface area contributed by atoms with Crippen molar-refractivity contribution in [2.24, 2.45) is 0 Å². The molecule has 0 radical (unpaired) electrons. The molecular weight excluding hydrogens is 410 g/mol. The molecule has 2 atom stereocenters. The number of hydrogen-bond donors (Lipinski definition) is 1. The molecule has 5 heteroatoms. The maximum absolute atomic E-state index is 14.1. The number of hydrogen-bond acceptors (Lipinski definition) is 3. The Morgan fingerprint density at radius 1 is 0.788 bits per heavy atom. The molecule has 1 saturated heterocycles. The van der Waals surface area contributed by atoms with Gasteiger partial charge in [0.05, 0.1) is 18.7 Å². The first-order valence-corrected chi connectivity index (χ1v) is 11.7. The van der Waals surface area contributed by atoms with Crippen molar-refractivity contribution in [3.8, 4) is 0 Å². The second-order valence-electron chi connectivity index (χ2n) is 8.98. The smallest absolute Gasteiger partial charge is 0.335 e. The van der Waals surface area contributed by atoms with Crippen LogP contribution in [0.15, 0.2) is 91.0 Å². The van der Waals surface area contributed by atoms with Crippen LogP contribution in [0, 0.1) is 0 Å². The summed E-state index contributed by atoms with van der Waals surface area (Å²) in [5, 5.41) is 15.3. The van der Waals surface area contributed by atoms with Crippen LogP contribution in [-0.2, 0) is 19.5 Å². The molecule has 2 amide bonds. The summed E-state index contributed by atoms with van der Waals surface area (Å²) in [6, 6.07) is 29.8. The van der Waals surface area contributed by atoms with E-state index < -0.39 is 6.10 Å². The molecule has 5 nitrogen and oxygen atoms in total. The van der Waals surface area contributed by atoms with Crippen molar-refractivity contribution >= 4 is 6.03 Å². The van der Waals surface area contributed by atoms with Gasteiger partial charge in [-0.05, 0) is 37.0 Å². The highest BCUT2D eigenvalue weighted by Crippen LogP contribution is 2.26. The summed E-state index contributed by atoms with van der Waals surface area (Å²) >= 11 is 0. The Kier molecular flexibility index (Phi) is 7.43. The summed E-state index contributed by atoms with van der Waals surface area (Å²) in [5.74, 6) is 0. The quantitative estimate of drug-likeness (QED) is 0.575. The van der Waals surface area contributed by atoms with Crippen LogP contribution >= 0.6 is 0 Å². The van der Waals surface area contributed by atoms with Gasteiger partial charge in [0.2, 0.25) is 0 Å². The monoisotopic (exact) mass is 443 g/mol. The molecule has 0 unspecified atom stereocenters. The van der Waals surface area contributed by atoms with E-state index >= 15 is 0 Å². The van der Waals surface area contributed by atoms with E-state index in [4.69, 9.17) is 0 Å². The van der Waals surface area contributed by atoms with E-state index in [0.29, 0.717) is 26.1 Å². The Hall–Kier alpha value is -3.15. The average molecular weight is 444 g/mol. The molecule has 4 rings (SSSR count). The fourth-order valence-electron chi connectivity index (χ4n) is 4.49. The number of nitrogens with zero attached hydrogens (tertiary/aromatic N) is 3. The molecule has 1 N–H and O–H groups in total. The van der Waals surface area contributed by atoms with E-state index in [2.05, 4.69) is 26.0 Å². The summed E-state index contributed by atoms with van der Waals surface area (Å²) < 4.78 is 0. The van der Waals surface area contributed by atoms with Crippen LogP contribution in [0.5, 0.6) is 0 Å². The van der Waals surface area contributed by atoms with E-state index in [0.717, 1.165) is 16.7 Å². The number of carbonyl (C=O) groups is 1. The number of carbonyl (C=O) groups excluding carboxylic acids is 1. The number of amides is 2. The Balaban J connectivity index is 1.72. The zero-order valence-electron chi connectivity index (χ0n) is 19.4. The zero-order chi connectivity index (χ0) is 23.2. The zero-order valence-corrected chi connectivity index (χ0v) is 19.4. The molecule has 3 aromatic rings. The maximum Gasteiger partial charge on any atom is 0.335 e. The lowest BCUT2D eigenvalue weighted by molar-refractivity contribution is -0.0378. The minimum absolute atomic E-state index is 0.0707. The third-order valence-corrected chi connectivity index (χ3v) is 6.25. The average Bonchev–Trinajstić information content (AvgIpc) is 2.92. The third kappa shape index (κ3) is 5.62. The van der Waals surface area contributed by atoms with Gasteiger partial charge in [0, 0.05) is 19.1 Å². The van der Waals surface area contributed by atoms with Gasteiger partial charge < -0.3 is 10.0 Å². The minimum atomic E-state index is -0.680. The Morgan fingerprint density at radius 2 is 1.27 bits per heavy atom. The Bertz CT molecular complexity index is 1010. The number of aliphatic hydroxyl groups is 1. The van der Waals surface area contributed by atoms with Gasteiger partial charge in [0.25, 0.3) is 0 Å². The van der Waals surface area contributed by atoms with Crippen molar-refractivity contribution in [3.05, 3.63) is 108 Å². The topological polar surface area (TPSA) is 47.0 Å². The van der Waals surface area contributed by atoms with Gasteiger partial charge in [-0.2, -0.15) is 0 Å². The highest BCUT2D eigenvalue weighted by Gasteiger charge is 2.40.